The number of nitrogens with zero attached hydrogens (tertiary/aromatic N) is 1. The van der Waals surface area contributed by atoms with E-state index in [0.29, 0.717) is 36.8 Å². The van der Waals surface area contributed by atoms with E-state index in [0.717, 1.165) is 25.1 Å². The fourth-order valence-corrected chi connectivity index (χ4v) is 3.71. The average Bonchev–Trinajstić information content (AvgIpc) is 3.03. The van der Waals surface area contributed by atoms with Crippen LogP contribution >= 0.6 is 0 Å². The van der Waals surface area contributed by atoms with Crippen molar-refractivity contribution in [3.8, 4) is 0 Å². The lowest BCUT2D eigenvalue weighted by molar-refractivity contribution is -0.141. The molecule has 1 aromatic carbocycles. The third-order valence-corrected chi connectivity index (χ3v) is 5.62. The highest BCUT2D eigenvalue weighted by Crippen LogP contribution is 2.23. The summed E-state index contributed by atoms with van der Waals surface area (Å²) in [5.41, 5.74) is 1.93. The molecule has 2 aliphatic rings. The number of hydrogen-bond donors (Lipinski definition) is 4. The molecule has 0 spiro atoms. The van der Waals surface area contributed by atoms with Crippen molar-refractivity contribution in [3.63, 3.8) is 0 Å². The Hall–Kier alpha value is -2.45. The highest BCUT2D eigenvalue weighted by Gasteiger charge is 2.28. The monoisotopic (exact) mass is 402 g/mol. The molecule has 29 heavy (non-hydrogen) atoms. The molecule has 8 nitrogen and oxygen atoms in total. The fourth-order valence-electron chi connectivity index (χ4n) is 3.71. The molecular formula is C21H30N4O4. The topological polar surface area (TPSA) is 111 Å². The quantitative estimate of drug-likeness (QED) is 0.494. The Morgan fingerprint density at radius 1 is 1.31 bits per heavy atom. The Bertz CT molecular complexity index is 761. The number of carboxylic acids is 1. The van der Waals surface area contributed by atoms with E-state index in [-0.39, 0.29) is 18.4 Å². The zero-order valence-electron chi connectivity index (χ0n) is 16.9. The molecule has 2 amide bonds. The molecule has 4 N–H and O–H groups in total. The van der Waals surface area contributed by atoms with E-state index in [4.69, 9.17) is 5.11 Å². The molecule has 0 bridgehead atoms. The van der Waals surface area contributed by atoms with Gasteiger partial charge in [0.25, 0.3) is 11.8 Å². The Morgan fingerprint density at radius 2 is 2.14 bits per heavy atom. The van der Waals surface area contributed by atoms with Crippen LogP contribution in [-0.2, 0) is 11.3 Å². The average molecular weight is 402 g/mol. The second-order valence-corrected chi connectivity index (χ2v) is 7.84. The molecule has 2 heterocycles. The van der Waals surface area contributed by atoms with Crippen LogP contribution < -0.4 is 16.0 Å². The van der Waals surface area contributed by atoms with Gasteiger partial charge in [-0.05, 0) is 49.9 Å². The van der Waals surface area contributed by atoms with Gasteiger partial charge in [-0.1, -0.05) is 13.0 Å². The summed E-state index contributed by atoms with van der Waals surface area (Å²) < 4.78 is 0. The van der Waals surface area contributed by atoms with E-state index in [1.54, 1.807) is 24.0 Å². The first-order valence-corrected chi connectivity index (χ1v) is 10.4. The Kier molecular flexibility index (Phi) is 7.22. The number of nitrogens with one attached hydrogen (secondary N) is 3. The van der Waals surface area contributed by atoms with Crippen LogP contribution in [0.4, 0.5) is 0 Å². The first-order valence-electron chi connectivity index (χ1n) is 10.4. The number of rotatable bonds is 9. The number of carbonyl (C=O) groups excluding carboxylic acids is 2. The first-order chi connectivity index (χ1) is 14.0. The lowest BCUT2D eigenvalue weighted by Crippen LogP contribution is -2.47. The molecule has 0 aromatic heterocycles. The predicted octanol–water partition coefficient (Wildman–Crippen LogP) is 1.17. The normalized spacial score (nSPS) is 19.7. The van der Waals surface area contributed by atoms with Crippen molar-refractivity contribution in [2.75, 3.05) is 26.2 Å². The molecule has 1 aromatic rings. The molecule has 0 aliphatic carbocycles. The van der Waals surface area contributed by atoms with Gasteiger partial charge < -0.3 is 26.0 Å². The van der Waals surface area contributed by atoms with Crippen LogP contribution in [0.3, 0.4) is 0 Å². The molecule has 2 atom stereocenters. The summed E-state index contributed by atoms with van der Waals surface area (Å²) in [7, 11) is 0. The van der Waals surface area contributed by atoms with Crippen molar-refractivity contribution in [1.82, 2.24) is 20.9 Å². The standard InChI is InChI=1S/C21H30N4O4/c1-14(21(28)29)7-9-24-19(26)15-5-6-16-13-25(20(27)17(16)12-15)11-10-23-18-4-2-3-8-22-18/h5-6,12,14,18,22-23H,2-4,7-11,13H2,1H3,(H,24,26)(H,28,29)/t14-,18?/m0/s1. The number of carboxylic acid groups (broad SMARTS) is 1. The molecule has 2 aliphatic heterocycles. The number of hydrogen-bond acceptors (Lipinski definition) is 5. The number of fused-ring (bicyclic) bond motifs is 1. The predicted molar refractivity (Wildman–Crippen MR) is 109 cm³/mol. The van der Waals surface area contributed by atoms with Crippen LogP contribution in [0.1, 0.15) is 58.9 Å². The van der Waals surface area contributed by atoms with E-state index in [1.807, 2.05) is 6.07 Å². The number of benzene rings is 1. The molecule has 1 saturated heterocycles. The van der Waals surface area contributed by atoms with E-state index < -0.39 is 11.9 Å². The van der Waals surface area contributed by atoms with Crippen LogP contribution in [0.2, 0.25) is 0 Å². The summed E-state index contributed by atoms with van der Waals surface area (Å²) in [5.74, 6) is -1.73. The van der Waals surface area contributed by atoms with Gasteiger partial charge in [0.15, 0.2) is 0 Å². The van der Waals surface area contributed by atoms with Gasteiger partial charge in [-0.25, -0.2) is 0 Å². The van der Waals surface area contributed by atoms with Crippen LogP contribution in [0.5, 0.6) is 0 Å². The van der Waals surface area contributed by atoms with Gasteiger partial charge in [-0.15, -0.1) is 0 Å². The Morgan fingerprint density at radius 3 is 2.86 bits per heavy atom. The van der Waals surface area contributed by atoms with E-state index >= 15 is 0 Å². The second kappa shape index (κ2) is 9.84. The van der Waals surface area contributed by atoms with Crippen LogP contribution in [-0.4, -0.2) is 60.1 Å². The molecule has 158 valence electrons. The molecule has 1 unspecified atom stereocenters. The minimum absolute atomic E-state index is 0.0486. The number of piperidine rings is 1. The maximum absolute atomic E-state index is 12.7. The maximum atomic E-state index is 12.7. The van der Waals surface area contributed by atoms with Gasteiger partial charge in [-0.2, -0.15) is 0 Å². The number of aliphatic carboxylic acids is 1. The number of amides is 2. The minimum Gasteiger partial charge on any atom is -0.481 e. The fraction of sp³-hybridized carbons (Fsp3) is 0.571. The zero-order chi connectivity index (χ0) is 20.8. The maximum Gasteiger partial charge on any atom is 0.306 e. The summed E-state index contributed by atoms with van der Waals surface area (Å²) in [4.78, 5) is 37.7. The van der Waals surface area contributed by atoms with Crippen molar-refractivity contribution >= 4 is 17.8 Å². The van der Waals surface area contributed by atoms with E-state index in [2.05, 4.69) is 16.0 Å². The smallest absolute Gasteiger partial charge is 0.306 e. The molecule has 1 fully saturated rings. The lowest BCUT2D eigenvalue weighted by Gasteiger charge is -2.25. The van der Waals surface area contributed by atoms with Crippen molar-refractivity contribution in [3.05, 3.63) is 34.9 Å². The van der Waals surface area contributed by atoms with E-state index in [9.17, 15) is 14.4 Å². The van der Waals surface area contributed by atoms with Crippen LogP contribution in [0.15, 0.2) is 18.2 Å². The van der Waals surface area contributed by atoms with E-state index in [1.165, 1.54) is 12.8 Å². The van der Waals surface area contributed by atoms with Crippen LogP contribution in [0.25, 0.3) is 0 Å². The van der Waals surface area contributed by atoms with Gasteiger partial charge >= 0.3 is 5.97 Å². The minimum atomic E-state index is -0.878. The molecular weight excluding hydrogens is 372 g/mol. The molecule has 8 heteroatoms. The van der Waals surface area contributed by atoms with Gasteiger partial charge in [0.1, 0.15) is 0 Å². The lowest BCUT2D eigenvalue weighted by atomic mass is 10.1. The molecule has 0 saturated carbocycles. The summed E-state index contributed by atoms with van der Waals surface area (Å²) in [6.07, 6.45) is 4.23. The third kappa shape index (κ3) is 5.55. The zero-order valence-corrected chi connectivity index (χ0v) is 16.9. The SMILES string of the molecule is C[C@@H](CCNC(=O)c1ccc2c(c1)C(=O)N(CCNC1CCCCN1)C2)C(=O)O. The number of carbonyl (C=O) groups is 3. The van der Waals surface area contributed by atoms with Gasteiger partial charge in [-0.3, -0.25) is 14.4 Å². The van der Waals surface area contributed by atoms with Crippen molar-refractivity contribution < 1.29 is 19.5 Å². The Balaban J connectivity index is 1.49. The molecule has 0 radical (unpaired) electrons. The van der Waals surface area contributed by atoms with Gasteiger partial charge in [0.2, 0.25) is 0 Å². The Labute approximate surface area is 171 Å². The highest BCUT2D eigenvalue weighted by molar-refractivity contribution is 6.02. The second-order valence-electron chi connectivity index (χ2n) is 7.84. The highest BCUT2D eigenvalue weighted by atomic mass is 16.4. The third-order valence-electron chi connectivity index (χ3n) is 5.62. The largest absolute Gasteiger partial charge is 0.481 e. The van der Waals surface area contributed by atoms with Crippen molar-refractivity contribution in [2.45, 2.75) is 45.3 Å². The van der Waals surface area contributed by atoms with Crippen molar-refractivity contribution in [2.24, 2.45) is 5.92 Å². The molecule has 3 rings (SSSR count). The first kappa shape index (κ1) is 21.3. The van der Waals surface area contributed by atoms with Gasteiger partial charge in [0, 0.05) is 37.3 Å². The summed E-state index contributed by atoms with van der Waals surface area (Å²) in [6, 6.07) is 5.19. The summed E-state index contributed by atoms with van der Waals surface area (Å²) in [6.45, 7) is 4.84. The summed E-state index contributed by atoms with van der Waals surface area (Å²) in [5, 5.41) is 18.5. The van der Waals surface area contributed by atoms with Gasteiger partial charge in [0.05, 0.1) is 12.1 Å². The van der Waals surface area contributed by atoms with Crippen molar-refractivity contribution in [1.29, 1.82) is 0 Å². The summed E-state index contributed by atoms with van der Waals surface area (Å²) >= 11 is 0. The van der Waals surface area contributed by atoms with Crippen LogP contribution in [0, 0.1) is 5.92 Å².